The molecule has 2 heterocycles. The molecule has 5 heteroatoms. The van der Waals surface area contributed by atoms with Crippen molar-refractivity contribution in [3.8, 4) is 0 Å². The number of thiophene rings is 1. The van der Waals surface area contributed by atoms with E-state index in [1.807, 2.05) is 12.1 Å². The lowest BCUT2D eigenvalue weighted by Crippen LogP contribution is -2.44. The Kier molecular flexibility index (Phi) is 4.57. The van der Waals surface area contributed by atoms with Crippen molar-refractivity contribution in [3.63, 3.8) is 0 Å². The van der Waals surface area contributed by atoms with Crippen molar-refractivity contribution < 1.29 is 4.79 Å². The van der Waals surface area contributed by atoms with Crippen LogP contribution >= 0.6 is 23.7 Å². The monoisotopic (exact) mass is 246 g/mol. The summed E-state index contributed by atoms with van der Waals surface area (Å²) in [6.45, 7) is 4.34. The smallest absolute Gasteiger partial charge is 0.160 e. The Morgan fingerprint density at radius 3 is 2.47 bits per heavy atom. The number of halogens is 1. The van der Waals surface area contributed by atoms with Gasteiger partial charge in [0, 0.05) is 26.2 Å². The van der Waals surface area contributed by atoms with Crippen molar-refractivity contribution in [2.45, 2.75) is 0 Å². The fourth-order valence-electron chi connectivity index (χ4n) is 1.60. The van der Waals surface area contributed by atoms with Gasteiger partial charge in [-0.05, 0) is 19.2 Å². The van der Waals surface area contributed by atoms with Crippen LogP contribution < -0.4 is 4.90 Å². The zero-order chi connectivity index (χ0) is 9.97. The van der Waals surface area contributed by atoms with Gasteiger partial charge in [-0.25, -0.2) is 0 Å². The molecule has 15 heavy (non-hydrogen) atoms. The van der Waals surface area contributed by atoms with Crippen LogP contribution in [-0.4, -0.2) is 44.4 Å². The van der Waals surface area contributed by atoms with Crippen LogP contribution in [0.4, 0.5) is 5.00 Å². The normalized spacial score (nSPS) is 17.3. The highest BCUT2D eigenvalue weighted by Gasteiger charge is 2.15. The molecule has 1 aliphatic rings. The number of nitrogens with zero attached hydrogens (tertiary/aromatic N) is 2. The summed E-state index contributed by atoms with van der Waals surface area (Å²) in [6, 6.07) is 3.94. The lowest BCUT2D eigenvalue weighted by atomic mass is 10.3. The summed E-state index contributed by atoms with van der Waals surface area (Å²) in [5, 5.41) is 1.22. The Labute approximate surface area is 100 Å². The largest absolute Gasteiger partial charge is 0.361 e. The number of rotatable bonds is 2. The number of hydrogen-bond donors (Lipinski definition) is 0. The van der Waals surface area contributed by atoms with Gasteiger partial charge in [0.1, 0.15) is 0 Å². The van der Waals surface area contributed by atoms with E-state index < -0.39 is 0 Å². The van der Waals surface area contributed by atoms with Crippen LogP contribution in [0.1, 0.15) is 9.67 Å². The Balaban J connectivity index is 0.00000112. The van der Waals surface area contributed by atoms with Crippen LogP contribution in [0.15, 0.2) is 12.1 Å². The SMILES string of the molecule is CN1CCN(c2ccc(C=O)s2)CC1.Cl. The van der Waals surface area contributed by atoms with Crippen LogP contribution in [0.5, 0.6) is 0 Å². The number of hydrogen-bond acceptors (Lipinski definition) is 4. The highest BCUT2D eigenvalue weighted by molar-refractivity contribution is 7.17. The molecule has 1 aliphatic heterocycles. The molecule has 1 saturated heterocycles. The van der Waals surface area contributed by atoms with Gasteiger partial charge in [-0.2, -0.15) is 0 Å². The molecule has 0 bridgehead atoms. The molecule has 2 rings (SSSR count). The predicted molar refractivity (Wildman–Crippen MR) is 66.7 cm³/mol. The van der Waals surface area contributed by atoms with Gasteiger partial charge in [-0.15, -0.1) is 23.7 Å². The van der Waals surface area contributed by atoms with Crippen molar-refractivity contribution in [2.24, 2.45) is 0 Å². The van der Waals surface area contributed by atoms with E-state index in [1.165, 1.54) is 5.00 Å². The molecule has 0 N–H and O–H groups in total. The number of carbonyl (C=O) groups excluding carboxylic acids is 1. The third-order valence-electron chi connectivity index (χ3n) is 2.54. The second kappa shape index (κ2) is 5.49. The maximum Gasteiger partial charge on any atom is 0.160 e. The van der Waals surface area contributed by atoms with E-state index in [1.54, 1.807) is 11.3 Å². The van der Waals surface area contributed by atoms with Gasteiger partial charge in [-0.1, -0.05) is 0 Å². The minimum Gasteiger partial charge on any atom is -0.361 e. The maximum absolute atomic E-state index is 10.5. The molecule has 0 amide bonds. The van der Waals surface area contributed by atoms with Crippen molar-refractivity contribution in [1.29, 1.82) is 0 Å². The molecule has 3 nitrogen and oxygen atoms in total. The fraction of sp³-hybridized carbons (Fsp3) is 0.500. The molecular formula is C10H15ClN2OS. The average Bonchev–Trinajstić information content (AvgIpc) is 2.67. The summed E-state index contributed by atoms with van der Waals surface area (Å²) < 4.78 is 0. The van der Waals surface area contributed by atoms with Crippen molar-refractivity contribution in [3.05, 3.63) is 17.0 Å². The summed E-state index contributed by atoms with van der Waals surface area (Å²) in [5.41, 5.74) is 0. The summed E-state index contributed by atoms with van der Waals surface area (Å²) >= 11 is 1.58. The topological polar surface area (TPSA) is 23.6 Å². The van der Waals surface area contributed by atoms with Gasteiger partial charge in [0.2, 0.25) is 0 Å². The summed E-state index contributed by atoms with van der Waals surface area (Å²) in [5.74, 6) is 0. The number of likely N-dealkylation sites (N-methyl/N-ethyl adjacent to an activating group) is 1. The number of piperazine rings is 1. The molecule has 1 fully saturated rings. The van der Waals surface area contributed by atoms with E-state index in [0.717, 1.165) is 37.3 Å². The van der Waals surface area contributed by atoms with E-state index in [0.29, 0.717) is 0 Å². The van der Waals surface area contributed by atoms with Crippen LogP contribution in [0.2, 0.25) is 0 Å². The Morgan fingerprint density at radius 2 is 1.93 bits per heavy atom. The van der Waals surface area contributed by atoms with Gasteiger partial charge in [-0.3, -0.25) is 4.79 Å². The third-order valence-corrected chi connectivity index (χ3v) is 3.62. The van der Waals surface area contributed by atoms with E-state index in [2.05, 4.69) is 16.8 Å². The fourth-order valence-corrected chi connectivity index (χ4v) is 2.48. The molecular weight excluding hydrogens is 232 g/mol. The molecule has 0 atom stereocenters. The first-order valence-corrected chi connectivity index (χ1v) is 5.60. The van der Waals surface area contributed by atoms with Gasteiger partial charge >= 0.3 is 0 Å². The van der Waals surface area contributed by atoms with E-state index in [-0.39, 0.29) is 12.4 Å². The summed E-state index contributed by atoms with van der Waals surface area (Å²) in [4.78, 5) is 16.0. The number of aldehydes is 1. The van der Waals surface area contributed by atoms with Gasteiger partial charge in [0.25, 0.3) is 0 Å². The minimum absolute atomic E-state index is 0. The second-order valence-corrected chi connectivity index (χ2v) is 4.68. The third kappa shape index (κ3) is 2.93. The highest BCUT2D eigenvalue weighted by atomic mass is 35.5. The summed E-state index contributed by atoms with van der Waals surface area (Å²) in [7, 11) is 2.14. The second-order valence-electron chi connectivity index (χ2n) is 3.58. The maximum atomic E-state index is 10.5. The zero-order valence-electron chi connectivity index (χ0n) is 8.68. The molecule has 0 radical (unpaired) electrons. The van der Waals surface area contributed by atoms with Crippen LogP contribution in [0.3, 0.4) is 0 Å². The summed E-state index contributed by atoms with van der Waals surface area (Å²) in [6.07, 6.45) is 0.921. The average molecular weight is 247 g/mol. The Morgan fingerprint density at radius 1 is 1.27 bits per heavy atom. The number of anilines is 1. The standard InChI is InChI=1S/C10H14N2OS.ClH/c1-11-4-6-12(7-5-11)10-3-2-9(8-13)14-10;/h2-3,8H,4-7H2,1H3;1H. The van der Waals surface area contributed by atoms with Crippen LogP contribution in [0, 0.1) is 0 Å². The first kappa shape index (κ1) is 12.5. The highest BCUT2D eigenvalue weighted by Crippen LogP contribution is 2.25. The van der Waals surface area contributed by atoms with Gasteiger partial charge in [0.05, 0.1) is 9.88 Å². The molecule has 0 aromatic carbocycles. The van der Waals surface area contributed by atoms with E-state index in [4.69, 9.17) is 0 Å². The van der Waals surface area contributed by atoms with Gasteiger partial charge < -0.3 is 9.80 Å². The predicted octanol–water partition coefficient (Wildman–Crippen LogP) is 1.73. The Bertz CT molecular complexity index is 321. The molecule has 0 aliphatic carbocycles. The molecule has 1 aromatic heterocycles. The first-order chi connectivity index (χ1) is 6.79. The molecule has 0 unspecified atom stereocenters. The van der Waals surface area contributed by atoms with E-state index in [9.17, 15) is 4.79 Å². The molecule has 0 spiro atoms. The molecule has 1 aromatic rings. The number of carbonyl (C=O) groups is 1. The molecule has 84 valence electrons. The van der Waals surface area contributed by atoms with Gasteiger partial charge in [0.15, 0.2) is 6.29 Å². The first-order valence-electron chi connectivity index (χ1n) is 4.78. The van der Waals surface area contributed by atoms with Crippen LogP contribution in [-0.2, 0) is 0 Å². The zero-order valence-corrected chi connectivity index (χ0v) is 10.3. The Hall–Kier alpha value is -0.580. The van der Waals surface area contributed by atoms with E-state index >= 15 is 0 Å². The van der Waals surface area contributed by atoms with Crippen molar-refractivity contribution >= 4 is 35.0 Å². The van der Waals surface area contributed by atoms with Crippen LogP contribution in [0.25, 0.3) is 0 Å². The lowest BCUT2D eigenvalue weighted by Gasteiger charge is -2.32. The quantitative estimate of drug-likeness (QED) is 0.743. The lowest BCUT2D eigenvalue weighted by molar-refractivity contribution is 0.112. The van der Waals surface area contributed by atoms with Crippen molar-refractivity contribution in [1.82, 2.24) is 4.90 Å². The minimum atomic E-state index is 0. The van der Waals surface area contributed by atoms with Crippen molar-refractivity contribution in [2.75, 3.05) is 38.1 Å². The molecule has 0 saturated carbocycles.